The van der Waals surface area contributed by atoms with Crippen LogP contribution in [0.4, 0.5) is 5.69 Å². The second kappa shape index (κ2) is 9.08. The number of allylic oxidation sites excluding steroid dienone is 1. The standard InChI is InChI=1S/C21H21ClN4OS/c1-4-12-26-15(3)24-25-21(26)28-19(16-8-6-5-7-9-16)20(27)23-17-11-10-14(2)18(22)13-17/h4-11,13,19H,1,12H2,2-3H3,(H,23,27). The fraction of sp³-hybridized carbons (Fsp3) is 0.190. The predicted octanol–water partition coefficient (Wildman–Crippen LogP) is 5.21. The largest absolute Gasteiger partial charge is 0.325 e. The highest BCUT2D eigenvalue weighted by Crippen LogP contribution is 2.36. The maximum Gasteiger partial charge on any atom is 0.242 e. The van der Waals surface area contributed by atoms with E-state index in [-0.39, 0.29) is 5.91 Å². The van der Waals surface area contributed by atoms with Crippen molar-refractivity contribution in [3.8, 4) is 0 Å². The molecule has 0 saturated heterocycles. The van der Waals surface area contributed by atoms with Gasteiger partial charge in [0.05, 0.1) is 0 Å². The molecule has 1 aromatic heterocycles. The first-order valence-electron chi connectivity index (χ1n) is 8.79. The highest BCUT2D eigenvalue weighted by Gasteiger charge is 2.25. The molecule has 0 aliphatic carbocycles. The van der Waals surface area contributed by atoms with Crippen molar-refractivity contribution in [2.75, 3.05) is 5.32 Å². The number of nitrogens with one attached hydrogen (secondary N) is 1. The van der Waals surface area contributed by atoms with E-state index in [4.69, 9.17) is 11.6 Å². The monoisotopic (exact) mass is 412 g/mol. The third-order valence-corrected chi connectivity index (χ3v) is 5.86. The van der Waals surface area contributed by atoms with E-state index in [1.165, 1.54) is 11.8 Å². The van der Waals surface area contributed by atoms with E-state index < -0.39 is 5.25 Å². The van der Waals surface area contributed by atoms with Crippen LogP contribution in [0.25, 0.3) is 0 Å². The van der Waals surface area contributed by atoms with Gasteiger partial charge in [0, 0.05) is 17.3 Å². The number of nitrogens with zero attached hydrogens (tertiary/aromatic N) is 3. The maximum absolute atomic E-state index is 13.1. The lowest BCUT2D eigenvalue weighted by Gasteiger charge is -2.17. The molecule has 7 heteroatoms. The van der Waals surface area contributed by atoms with Crippen molar-refractivity contribution < 1.29 is 4.79 Å². The molecule has 5 nitrogen and oxygen atoms in total. The molecule has 1 unspecified atom stereocenters. The molecule has 0 spiro atoms. The van der Waals surface area contributed by atoms with Crippen molar-refractivity contribution in [2.24, 2.45) is 0 Å². The Balaban J connectivity index is 1.90. The molecule has 0 radical (unpaired) electrons. The first kappa shape index (κ1) is 20.2. The molecule has 1 amide bonds. The van der Waals surface area contributed by atoms with E-state index in [0.29, 0.717) is 22.4 Å². The third-order valence-electron chi connectivity index (χ3n) is 4.22. The van der Waals surface area contributed by atoms with E-state index in [1.54, 1.807) is 12.1 Å². The Hall–Kier alpha value is -2.57. The number of carbonyl (C=O) groups is 1. The molecular formula is C21H21ClN4OS. The Morgan fingerprint density at radius 1 is 1.25 bits per heavy atom. The molecule has 3 rings (SSSR count). The van der Waals surface area contributed by atoms with Gasteiger partial charge in [-0.15, -0.1) is 16.8 Å². The number of hydrogen-bond donors (Lipinski definition) is 1. The normalized spacial score (nSPS) is 11.8. The molecular weight excluding hydrogens is 392 g/mol. The van der Waals surface area contributed by atoms with Gasteiger partial charge in [-0.1, -0.05) is 65.8 Å². The van der Waals surface area contributed by atoms with Crippen LogP contribution in [0.2, 0.25) is 5.02 Å². The van der Waals surface area contributed by atoms with Gasteiger partial charge in [-0.2, -0.15) is 0 Å². The third kappa shape index (κ3) is 4.64. The zero-order valence-corrected chi connectivity index (χ0v) is 17.3. The Labute approximate surface area is 173 Å². The molecule has 1 atom stereocenters. The number of anilines is 1. The summed E-state index contributed by atoms with van der Waals surface area (Å²) >= 11 is 7.55. The van der Waals surface area contributed by atoms with E-state index in [9.17, 15) is 4.79 Å². The van der Waals surface area contributed by atoms with Crippen molar-refractivity contribution in [1.29, 1.82) is 0 Å². The summed E-state index contributed by atoms with van der Waals surface area (Å²) in [6.45, 7) is 8.17. The van der Waals surface area contributed by atoms with Gasteiger partial charge in [-0.05, 0) is 37.1 Å². The first-order chi connectivity index (χ1) is 13.5. The van der Waals surface area contributed by atoms with Gasteiger partial charge in [0.1, 0.15) is 11.1 Å². The van der Waals surface area contributed by atoms with Gasteiger partial charge >= 0.3 is 0 Å². The fourth-order valence-corrected chi connectivity index (χ4v) is 3.95. The van der Waals surface area contributed by atoms with Crippen molar-refractivity contribution in [3.05, 3.63) is 83.2 Å². The molecule has 1 N–H and O–H groups in total. The molecule has 0 fully saturated rings. The van der Waals surface area contributed by atoms with Crippen LogP contribution in [-0.4, -0.2) is 20.7 Å². The summed E-state index contributed by atoms with van der Waals surface area (Å²) in [6, 6.07) is 15.1. The van der Waals surface area contributed by atoms with Crippen LogP contribution in [0, 0.1) is 13.8 Å². The molecule has 0 aliphatic heterocycles. The minimum atomic E-state index is -0.492. The van der Waals surface area contributed by atoms with Gasteiger partial charge in [-0.3, -0.25) is 4.79 Å². The number of benzene rings is 2. The quantitative estimate of drug-likeness (QED) is 0.427. The molecule has 28 heavy (non-hydrogen) atoms. The van der Waals surface area contributed by atoms with Crippen LogP contribution in [0.3, 0.4) is 0 Å². The predicted molar refractivity (Wildman–Crippen MR) is 115 cm³/mol. The highest BCUT2D eigenvalue weighted by atomic mass is 35.5. The second-order valence-corrected chi connectivity index (χ2v) is 7.77. The number of aryl methyl sites for hydroxylation is 2. The Kier molecular flexibility index (Phi) is 6.54. The molecule has 0 saturated carbocycles. The maximum atomic E-state index is 13.1. The zero-order valence-electron chi connectivity index (χ0n) is 15.7. The number of amides is 1. The van der Waals surface area contributed by atoms with E-state index >= 15 is 0 Å². The minimum absolute atomic E-state index is 0.151. The summed E-state index contributed by atoms with van der Waals surface area (Å²) in [6.07, 6.45) is 1.78. The van der Waals surface area contributed by atoms with Crippen molar-refractivity contribution in [3.63, 3.8) is 0 Å². The molecule has 144 valence electrons. The van der Waals surface area contributed by atoms with E-state index in [2.05, 4.69) is 22.1 Å². The lowest BCUT2D eigenvalue weighted by molar-refractivity contribution is -0.115. The lowest BCUT2D eigenvalue weighted by atomic mass is 10.1. The number of thioether (sulfide) groups is 1. The average molecular weight is 413 g/mol. The summed E-state index contributed by atoms with van der Waals surface area (Å²) in [5.74, 6) is 0.627. The number of hydrogen-bond acceptors (Lipinski definition) is 4. The second-order valence-electron chi connectivity index (χ2n) is 6.29. The van der Waals surface area contributed by atoms with Crippen LogP contribution in [-0.2, 0) is 11.3 Å². The van der Waals surface area contributed by atoms with Crippen molar-refractivity contribution >= 4 is 35.0 Å². The summed E-state index contributed by atoms with van der Waals surface area (Å²) in [7, 11) is 0. The number of carbonyl (C=O) groups excluding carboxylic acids is 1. The van der Waals surface area contributed by atoms with Crippen molar-refractivity contribution in [1.82, 2.24) is 14.8 Å². The van der Waals surface area contributed by atoms with Gasteiger partial charge in [0.15, 0.2) is 5.16 Å². The lowest BCUT2D eigenvalue weighted by Crippen LogP contribution is -2.19. The summed E-state index contributed by atoms with van der Waals surface area (Å²) in [5.41, 5.74) is 2.50. The van der Waals surface area contributed by atoms with E-state index in [1.807, 2.05) is 60.9 Å². The summed E-state index contributed by atoms with van der Waals surface area (Å²) < 4.78 is 1.93. The average Bonchev–Trinajstić information content (AvgIpc) is 3.03. The first-order valence-corrected chi connectivity index (χ1v) is 10.0. The van der Waals surface area contributed by atoms with Crippen LogP contribution >= 0.6 is 23.4 Å². The van der Waals surface area contributed by atoms with Crippen LogP contribution in [0.5, 0.6) is 0 Å². The summed E-state index contributed by atoms with van der Waals surface area (Å²) in [4.78, 5) is 13.1. The van der Waals surface area contributed by atoms with Crippen LogP contribution in [0.1, 0.15) is 22.2 Å². The molecule has 0 bridgehead atoms. The Bertz CT molecular complexity index is 987. The zero-order chi connectivity index (χ0) is 20.1. The molecule has 0 aliphatic rings. The topological polar surface area (TPSA) is 59.8 Å². The Morgan fingerprint density at radius 3 is 2.68 bits per heavy atom. The minimum Gasteiger partial charge on any atom is -0.325 e. The highest BCUT2D eigenvalue weighted by molar-refractivity contribution is 8.00. The summed E-state index contributed by atoms with van der Waals surface area (Å²) in [5, 5.41) is 12.1. The smallest absolute Gasteiger partial charge is 0.242 e. The van der Waals surface area contributed by atoms with Gasteiger partial charge in [0.25, 0.3) is 0 Å². The van der Waals surface area contributed by atoms with Crippen LogP contribution in [0.15, 0.2) is 66.3 Å². The van der Waals surface area contributed by atoms with Gasteiger partial charge in [0.2, 0.25) is 5.91 Å². The SMILES string of the molecule is C=CCn1c(C)nnc1SC(C(=O)Nc1ccc(C)c(Cl)c1)c1ccccc1. The molecule has 1 heterocycles. The number of aromatic nitrogens is 3. The fourth-order valence-electron chi connectivity index (χ4n) is 2.67. The van der Waals surface area contributed by atoms with Crippen LogP contribution < -0.4 is 5.32 Å². The molecule has 2 aromatic carbocycles. The van der Waals surface area contributed by atoms with Gasteiger partial charge < -0.3 is 9.88 Å². The number of rotatable bonds is 7. The van der Waals surface area contributed by atoms with E-state index in [0.717, 1.165) is 17.0 Å². The van der Waals surface area contributed by atoms with Gasteiger partial charge in [-0.25, -0.2) is 0 Å². The molecule has 3 aromatic rings. The Morgan fingerprint density at radius 2 is 2.00 bits per heavy atom. The van der Waals surface area contributed by atoms with Crippen molar-refractivity contribution in [2.45, 2.75) is 30.8 Å². The number of halogens is 1.